The fourth-order valence-electron chi connectivity index (χ4n) is 1.77. The lowest BCUT2D eigenvalue weighted by Gasteiger charge is -2.25. The van der Waals surface area contributed by atoms with Crippen molar-refractivity contribution in [3.05, 3.63) is 18.2 Å². The number of aliphatic hydroxyl groups is 1. The van der Waals surface area contributed by atoms with Crippen LogP contribution in [0, 0.1) is 0 Å². The van der Waals surface area contributed by atoms with Crippen LogP contribution in [-0.4, -0.2) is 33.2 Å². The minimum absolute atomic E-state index is 0.0672. The molecule has 0 saturated heterocycles. The first-order chi connectivity index (χ1) is 8.41. The zero-order chi connectivity index (χ0) is 13.8. The number of aliphatic hydroxyl groups excluding tert-OH is 1. The Morgan fingerprint density at radius 1 is 1.39 bits per heavy atom. The summed E-state index contributed by atoms with van der Waals surface area (Å²) in [6.45, 7) is 3.27. The van der Waals surface area contributed by atoms with E-state index in [9.17, 15) is 8.42 Å². The molecule has 1 rings (SSSR count). The van der Waals surface area contributed by atoms with Crippen LogP contribution in [0.5, 0.6) is 0 Å². The maximum Gasteiger partial charge on any atom is 0.240 e. The third kappa shape index (κ3) is 3.34. The van der Waals surface area contributed by atoms with E-state index in [-0.39, 0.29) is 17.2 Å². The van der Waals surface area contributed by atoms with Crippen LogP contribution in [0.2, 0.25) is 0 Å². The number of nitrogen functional groups attached to an aromatic ring is 1. The molecular formula is C11H19N3O3S. The third-order valence-electron chi connectivity index (χ3n) is 2.66. The maximum atomic E-state index is 11.4. The molecule has 18 heavy (non-hydrogen) atoms. The molecule has 0 bridgehead atoms. The number of primary sulfonamides is 1. The number of hydrogen-bond donors (Lipinski definition) is 3. The van der Waals surface area contributed by atoms with Crippen molar-refractivity contribution in [1.82, 2.24) is 0 Å². The average molecular weight is 273 g/mol. The number of sulfonamides is 1. The van der Waals surface area contributed by atoms with E-state index in [1.807, 2.05) is 11.8 Å². The first kappa shape index (κ1) is 14.7. The smallest absolute Gasteiger partial charge is 0.240 e. The van der Waals surface area contributed by atoms with E-state index in [0.717, 1.165) is 0 Å². The minimum atomic E-state index is -3.82. The molecule has 1 aromatic rings. The summed E-state index contributed by atoms with van der Waals surface area (Å²) in [6, 6.07) is 4.73. The Morgan fingerprint density at radius 3 is 2.56 bits per heavy atom. The molecule has 0 aromatic heterocycles. The van der Waals surface area contributed by atoms with Gasteiger partial charge in [-0.1, -0.05) is 6.07 Å². The number of anilines is 2. The normalized spacial score (nSPS) is 11.5. The van der Waals surface area contributed by atoms with Crippen LogP contribution in [-0.2, 0) is 10.0 Å². The minimum Gasteiger partial charge on any atom is -0.396 e. The summed E-state index contributed by atoms with van der Waals surface area (Å²) in [5, 5.41) is 13.9. The van der Waals surface area contributed by atoms with Gasteiger partial charge in [0.2, 0.25) is 10.0 Å². The van der Waals surface area contributed by atoms with Crippen molar-refractivity contribution in [1.29, 1.82) is 0 Å². The van der Waals surface area contributed by atoms with E-state index in [1.54, 1.807) is 12.1 Å². The molecule has 0 radical (unpaired) electrons. The highest BCUT2D eigenvalue weighted by molar-refractivity contribution is 7.89. The molecule has 0 aliphatic rings. The van der Waals surface area contributed by atoms with E-state index >= 15 is 0 Å². The highest BCUT2D eigenvalue weighted by atomic mass is 32.2. The van der Waals surface area contributed by atoms with Crippen molar-refractivity contribution in [3.63, 3.8) is 0 Å². The molecule has 6 nitrogen and oxygen atoms in total. The molecule has 5 N–H and O–H groups in total. The van der Waals surface area contributed by atoms with Gasteiger partial charge in [-0.15, -0.1) is 0 Å². The van der Waals surface area contributed by atoms with Crippen molar-refractivity contribution in [2.75, 3.05) is 30.3 Å². The molecule has 0 fully saturated rings. The van der Waals surface area contributed by atoms with Gasteiger partial charge in [0.1, 0.15) is 4.90 Å². The van der Waals surface area contributed by atoms with Crippen molar-refractivity contribution in [3.8, 4) is 0 Å². The zero-order valence-corrected chi connectivity index (χ0v) is 11.2. The number of para-hydroxylation sites is 1. The third-order valence-corrected chi connectivity index (χ3v) is 3.63. The Hall–Kier alpha value is -1.31. The molecule has 102 valence electrons. The van der Waals surface area contributed by atoms with Crippen LogP contribution >= 0.6 is 0 Å². The van der Waals surface area contributed by atoms with E-state index in [1.165, 1.54) is 6.07 Å². The van der Waals surface area contributed by atoms with Crippen LogP contribution in [0.25, 0.3) is 0 Å². The molecule has 0 unspecified atom stereocenters. The SMILES string of the molecule is CCN(CCCO)c1cccc(S(N)(=O)=O)c1N. The second-order valence-corrected chi connectivity index (χ2v) is 5.42. The first-order valence-electron chi connectivity index (χ1n) is 5.69. The molecule has 0 saturated carbocycles. The van der Waals surface area contributed by atoms with Gasteiger partial charge in [-0.2, -0.15) is 0 Å². The summed E-state index contributed by atoms with van der Waals surface area (Å²) in [5.41, 5.74) is 6.63. The number of benzene rings is 1. The van der Waals surface area contributed by atoms with Crippen LogP contribution in [0.1, 0.15) is 13.3 Å². The van der Waals surface area contributed by atoms with Crippen molar-refractivity contribution in [2.45, 2.75) is 18.2 Å². The fourth-order valence-corrected chi connectivity index (χ4v) is 2.45. The van der Waals surface area contributed by atoms with Gasteiger partial charge in [0, 0.05) is 19.7 Å². The summed E-state index contributed by atoms with van der Waals surface area (Å²) in [6.07, 6.45) is 0.590. The molecular weight excluding hydrogens is 254 g/mol. The Balaban J connectivity index is 3.17. The van der Waals surface area contributed by atoms with E-state index < -0.39 is 10.0 Å². The number of hydrogen-bond acceptors (Lipinski definition) is 5. The lowest BCUT2D eigenvalue weighted by Crippen LogP contribution is -2.26. The number of nitrogens with zero attached hydrogens (tertiary/aromatic N) is 1. The summed E-state index contributed by atoms with van der Waals surface area (Å²) in [4.78, 5) is 1.84. The van der Waals surface area contributed by atoms with Crippen LogP contribution in [0.15, 0.2) is 23.1 Å². The Kier molecular flexibility index (Phi) is 4.94. The van der Waals surface area contributed by atoms with E-state index in [0.29, 0.717) is 25.2 Å². The maximum absolute atomic E-state index is 11.4. The predicted molar refractivity (Wildman–Crippen MR) is 71.8 cm³/mol. The second kappa shape index (κ2) is 6.03. The van der Waals surface area contributed by atoms with Crippen LogP contribution in [0.3, 0.4) is 0 Å². The summed E-state index contributed by atoms with van der Waals surface area (Å²) in [5.74, 6) is 0. The standard InChI is InChI=1S/C11H19N3O3S/c1-2-14(7-4-8-15)9-5-3-6-10(11(9)12)18(13,16)17/h3,5-6,15H,2,4,7-8,12H2,1H3,(H2,13,16,17). The molecule has 1 aromatic carbocycles. The molecule has 0 aliphatic heterocycles. The van der Waals surface area contributed by atoms with Gasteiger partial charge in [-0.25, -0.2) is 13.6 Å². The summed E-state index contributed by atoms with van der Waals surface area (Å²) in [7, 11) is -3.82. The van der Waals surface area contributed by atoms with Crippen LogP contribution < -0.4 is 15.8 Å². The Bertz CT molecular complexity index is 502. The van der Waals surface area contributed by atoms with Gasteiger partial charge in [0.15, 0.2) is 0 Å². The highest BCUT2D eigenvalue weighted by Gasteiger charge is 2.17. The Morgan fingerprint density at radius 2 is 2.06 bits per heavy atom. The highest BCUT2D eigenvalue weighted by Crippen LogP contribution is 2.29. The van der Waals surface area contributed by atoms with Gasteiger partial charge >= 0.3 is 0 Å². The summed E-state index contributed by atoms with van der Waals surface area (Å²) < 4.78 is 22.7. The molecule has 0 heterocycles. The quantitative estimate of drug-likeness (QED) is 0.638. The Labute approximate surface area is 107 Å². The molecule has 0 spiro atoms. The second-order valence-electron chi connectivity index (χ2n) is 3.89. The largest absolute Gasteiger partial charge is 0.396 e. The lowest BCUT2D eigenvalue weighted by molar-refractivity contribution is 0.289. The molecule has 7 heteroatoms. The number of rotatable bonds is 6. The number of nitrogens with two attached hydrogens (primary N) is 2. The molecule has 0 amide bonds. The van der Waals surface area contributed by atoms with Crippen molar-refractivity contribution < 1.29 is 13.5 Å². The first-order valence-corrected chi connectivity index (χ1v) is 7.23. The zero-order valence-electron chi connectivity index (χ0n) is 10.3. The van der Waals surface area contributed by atoms with Gasteiger partial charge in [0.05, 0.1) is 11.4 Å². The van der Waals surface area contributed by atoms with E-state index in [4.69, 9.17) is 16.0 Å². The molecule has 0 aliphatic carbocycles. The van der Waals surface area contributed by atoms with Gasteiger partial charge in [0.25, 0.3) is 0 Å². The van der Waals surface area contributed by atoms with Crippen molar-refractivity contribution >= 4 is 21.4 Å². The van der Waals surface area contributed by atoms with Crippen molar-refractivity contribution in [2.24, 2.45) is 5.14 Å². The van der Waals surface area contributed by atoms with Gasteiger partial charge in [-0.3, -0.25) is 0 Å². The van der Waals surface area contributed by atoms with Crippen LogP contribution in [0.4, 0.5) is 11.4 Å². The topological polar surface area (TPSA) is 110 Å². The average Bonchev–Trinajstić information content (AvgIpc) is 2.30. The van der Waals surface area contributed by atoms with Gasteiger partial charge in [-0.05, 0) is 25.5 Å². The van der Waals surface area contributed by atoms with E-state index in [2.05, 4.69) is 0 Å². The van der Waals surface area contributed by atoms with Gasteiger partial charge < -0.3 is 15.7 Å². The monoisotopic (exact) mass is 273 g/mol. The molecule has 0 atom stereocenters. The fraction of sp³-hybridized carbons (Fsp3) is 0.455. The lowest BCUT2D eigenvalue weighted by atomic mass is 10.2. The predicted octanol–water partition coefficient (Wildman–Crippen LogP) is 0.125. The summed E-state index contributed by atoms with van der Waals surface area (Å²) >= 11 is 0.